The summed E-state index contributed by atoms with van der Waals surface area (Å²) in [7, 11) is 0. The topological polar surface area (TPSA) is 0 Å². The quantitative estimate of drug-likeness (QED) is 0.354. The monoisotopic (exact) mass is 300 g/mol. The molecule has 0 spiro atoms. The maximum absolute atomic E-state index is 2.37. The van der Waals surface area contributed by atoms with E-state index in [1.54, 1.807) is 0 Å². The van der Waals surface area contributed by atoms with Crippen LogP contribution in [0.3, 0.4) is 0 Å². The third kappa shape index (κ3) is 1.42. The van der Waals surface area contributed by atoms with Gasteiger partial charge >= 0.3 is 0 Å². The average molecular weight is 300 g/mol. The Morgan fingerprint density at radius 3 is 2.36 bits per heavy atom. The molecule has 1 aromatic heterocycles. The van der Waals surface area contributed by atoms with Gasteiger partial charge in [0.05, 0.1) is 0 Å². The standard InChI is InChI=1S/C21H16S/c1-21(2)14-7-3-6-13(12-14)15-8-4-10-17-19(15)20-16(21)9-5-11-18(20)22-17/h3-12H,1-2H3. The van der Waals surface area contributed by atoms with Gasteiger partial charge in [0.25, 0.3) is 0 Å². The molecule has 3 aromatic carbocycles. The van der Waals surface area contributed by atoms with Gasteiger partial charge < -0.3 is 0 Å². The summed E-state index contributed by atoms with van der Waals surface area (Å²) in [4.78, 5) is 0. The van der Waals surface area contributed by atoms with Crippen molar-refractivity contribution < 1.29 is 0 Å². The SMILES string of the molecule is CC1(C)c2cccc(c2)-c2cccc3sc4cccc1c4c23. The first-order valence-electron chi connectivity index (χ1n) is 7.72. The van der Waals surface area contributed by atoms with Crippen LogP contribution in [0.15, 0.2) is 60.7 Å². The molecule has 1 heteroatoms. The molecule has 1 aliphatic carbocycles. The second kappa shape index (κ2) is 3.99. The lowest BCUT2D eigenvalue weighted by Crippen LogP contribution is -2.19. The van der Waals surface area contributed by atoms with E-state index in [-0.39, 0.29) is 5.41 Å². The van der Waals surface area contributed by atoms with Gasteiger partial charge in [0, 0.05) is 25.6 Å². The third-order valence-electron chi connectivity index (χ3n) is 5.09. The normalized spacial score (nSPS) is 15.2. The van der Waals surface area contributed by atoms with E-state index >= 15 is 0 Å². The van der Waals surface area contributed by atoms with Gasteiger partial charge in [-0.1, -0.05) is 62.4 Å². The molecule has 0 N–H and O–H groups in total. The van der Waals surface area contributed by atoms with E-state index in [0.29, 0.717) is 0 Å². The lowest BCUT2D eigenvalue weighted by Gasteiger charge is -2.29. The van der Waals surface area contributed by atoms with Crippen molar-refractivity contribution >= 4 is 31.5 Å². The molecule has 22 heavy (non-hydrogen) atoms. The average Bonchev–Trinajstić information content (AvgIpc) is 2.92. The predicted octanol–water partition coefficient (Wildman–Crippen LogP) is 6.36. The molecule has 0 saturated heterocycles. The van der Waals surface area contributed by atoms with E-state index in [9.17, 15) is 0 Å². The minimum absolute atomic E-state index is 0.0249. The summed E-state index contributed by atoms with van der Waals surface area (Å²) in [6.45, 7) is 4.69. The van der Waals surface area contributed by atoms with Crippen molar-refractivity contribution in [2.45, 2.75) is 19.3 Å². The van der Waals surface area contributed by atoms with Crippen LogP contribution in [0.25, 0.3) is 31.3 Å². The number of benzene rings is 3. The van der Waals surface area contributed by atoms with E-state index in [1.807, 2.05) is 11.3 Å². The van der Waals surface area contributed by atoms with Crippen LogP contribution in [0.5, 0.6) is 0 Å². The van der Waals surface area contributed by atoms with Crippen LogP contribution in [0.2, 0.25) is 0 Å². The van der Waals surface area contributed by atoms with E-state index in [0.717, 1.165) is 0 Å². The van der Waals surface area contributed by atoms with Crippen molar-refractivity contribution in [3.8, 4) is 11.1 Å². The molecule has 0 saturated carbocycles. The molecule has 0 unspecified atom stereocenters. The van der Waals surface area contributed by atoms with Crippen LogP contribution >= 0.6 is 11.3 Å². The largest absolute Gasteiger partial charge is 0.135 e. The smallest absolute Gasteiger partial charge is 0.0361 e. The fourth-order valence-corrected chi connectivity index (χ4v) is 5.02. The summed E-state index contributed by atoms with van der Waals surface area (Å²) in [5.74, 6) is 0. The predicted molar refractivity (Wildman–Crippen MR) is 96.9 cm³/mol. The number of thiophene rings is 1. The molecule has 1 heterocycles. The second-order valence-electron chi connectivity index (χ2n) is 6.67. The van der Waals surface area contributed by atoms with Gasteiger partial charge in [0.1, 0.15) is 0 Å². The summed E-state index contributed by atoms with van der Waals surface area (Å²) in [5, 5.41) is 2.89. The van der Waals surface area contributed by atoms with Gasteiger partial charge in [-0.3, -0.25) is 0 Å². The summed E-state index contributed by atoms with van der Waals surface area (Å²) >= 11 is 1.91. The lowest BCUT2D eigenvalue weighted by atomic mass is 9.74. The van der Waals surface area contributed by atoms with Crippen molar-refractivity contribution in [1.82, 2.24) is 0 Å². The highest BCUT2D eigenvalue weighted by Crippen LogP contribution is 2.47. The fourth-order valence-electron chi connectivity index (χ4n) is 3.86. The van der Waals surface area contributed by atoms with Crippen LogP contribution in [-0.4, -0.2) is 0 Å². The van der Waals surface area contributed by atoms with E-state index in [2.05, 4.69) is 74.5 Å². The highest BCUT2D eigenvalue weighted by atomic mass is 32.1. The Labute approximate surface area is 134 Å². The van der Waals surface area contributed by atoms with Crippen LogP contribution in [0.1, 0.15) is 25.0 Å². The Hall–Kier alpha value is -2.12. The van der Waals surface area contributed by atoms with Gasteiger partial charge in [0.15, 0.2) is 0 Å². The molecule has 106 valence electrons. The van der Waals surface area contributed by atoms with Crippen molar-refractivity contribution in [3.05, 3.63) is 71.8 Å². The molecule has 0 aliphatic heterocycles. The van der Waals surface area contributed by atoms with Gasteiger partial charge in [-0.05, 0) is 34.4 Å². The molecule has 0 nitrogen and oxygen atoms in total. The van der Waals surface area contributed by atoms with Gasteiger partial charge in [-0.25, -0.2) is 0 Å². The molecule has 0 amide bonds. The van der Waals surface area contributed by atoms with E-state index in [4.69, 9.17) is 0 Å². The third-order valence-corrected chi connectivity index (χ3v) is 6.21. The van der Waals surface area contributed by atoms with Crippen LogP contribution < -0.4 is 0 Å². The number of hydrogen-bond acceptors (Lipinski definition) is 1. The maximum atomic E-state index is 2.37. The van der Waals surface area contributed by atoms with Gasteiger partial charge in [-0.2, -0.15) is 0 Å². The van der Waals surface area contributed by atoms with Crippen molar-refractivity contribution in [1.29, 1.82) is 0 Å². The maximum Gasteiger partial charge on any atom is 0.0361 e. The highest BCUT2D eigenvalue weighted by molar-refractivity contribution is 7.26. The first-order valence-corrected chi connectivity index (χ1v) is 8.53. The molecular weight excluding hydrogens is 284 g/mol. The van der Waals surface area contributed by atoms with E-state index in [1.165, 1.54) is 42.4 Å². The Morgan fingerprint density at radius 2 is 1.50 bits per heavy atom. The summed E-state index contributed by atoms with van der Waals surface area (Å²) in [5.41, 5.74) is 5.57. The Bertz CT molecular complexity index is 1050. The highest BCUT2D eigenvalue weighted by Gasteiger charge is 2.29. The number of hydrogen-bond donors (Lipinski definition) is 0. The summed E-state index contributed by atoms with van der Waals surface area (Å²) < 4.78 is 2.79. The van der Waals surface area contributed by atoms with Crippen molar-refractivity contribution in [2.24, 2.45) is 0 Å². The van der Waals surface area contributed by atoms with E-state index < -0.39 is 0 Å². The summed E-state index contributed by atoms with van der Waals surface area (Å²) in [6.07, 6.45) is 0. The van der Waals surface area contributed by atoms with Gasteiger partial charge in [-0.15, -0.1) is 11.3 Å². The molecular formula is C21H16S. The van der Waals surface area contributed by atoms with Crippen molar-refractivity contribution in [2.75, 3.05) is 0 Å². The molecule has 1 aliphatic rings. The zero-order valence-corrected chi connectivity index (χ0v) is 13.5. The summed E-state index contributed by atoms with van der Waals surface area (Å²) in [6, 6.07) is 22.6. The molecule has 0 radical (unpaired) electrons. The zero-order chi connectivity index (χ0) is 14.9. The first kappa shape index (κ1) is 12.4. The second-order valence-corrected chi connectivity index (χ2v) is 7.75. The van der Waals surface area contributed by atoms with Crippen LogP contribution in [0.4, 0.5) is 0 Å². The van der Waals surface area contributed by atoms with Crippen molar-refractivity contribution in [3.63, 3.8) is 0 Å². The lowest BCUT2D eigenvalue weighted by molar-refractivity contribution is 0.647. The molecule has 4 aromatic rings. The zero-order valence-electron chi connectivity index (χ0n) is 12.7. The van der Waals surface area contributed by atoms with Gasteiger partial charge in [0.2, 0.25) is 0 Å². The Morgan fingerprint density at radius 1 is 0.773 bits per heavy atom. The van der Waals surface area contributed by atoms with Crippen LogP contribution in [-0.2, 0) is 5.41 Å². The molecule has 0 fully saturated rings. The number of rotatable bonds is 0. The Balaban J connectivity index is 2.15. The Kier molecular flexibility index (Phi) is 2.26. The first-order chi connectivity index (χ1) is 10.7. The molecule has 0 atom stereocenters. The minimum Gasteiger partial charge on any atom is -0.135 e. The minimum atomic E-state index is 0.0249. The number of fused-ring (bicyclic) bond motifs is 3. The molecule has 5 rings (SSSR count). The molecule has 2 bridgehead atoms. The fraction of sp³-hybridized carbons (Fsp3) is 0.143. The van der Waals surface area contributed by atoms with Crippen LogP contribution in [0, 0.1) is 0 Å².